The second-order valence-electron chi connectivity index (χ2n) is 4.66. The molecule has 1 aromatic rings. The Balaban J connectivity index is 1.74. The van der Waals surface area contributed by atoms with E-state index in [0.29, 0.717) is 0 Å². The minimum absolute atomic E-state index is 0.0670. The summed E-state index contributed by atoms with van der Waals surface area (Å²) in [6.07, 6.45) is 0. The average Bonchev–Trinajstić information content (AvgIpc) is 2.28. The van der Waals surface area contributed by atoms with Crippen LogP contribution in [-0.2, 0) is 4.74 Å². The predicted octanol–water partition coefficient (Wildman–Crippen LogP) is 1.50. The number of nitrogens with one attached hydrogen (secondary N) is 1. The number of rotatable bonds is 5. The monoisotopic (exact) mass is 220 g/mol. The lowest BCUT2D eigenvalue weighted by atomic mass is 10.0. The van der Waals surface area contributed by atoms with Gasteiger partial charge in [-0.2, -0.15) is 0 Å². The normalized spacial score (nSPS) is 17.9. The van der Waals surface area contributed by atoms with Crippen LogP contribution in [0.3, 0.4) is 0 Å². The van der Waals surface area contributed by atoms with Crippen LogP contribution in [0.2, 0.25) is 0 Å². The lowest BCUT2D eigenvalue weighted by Gasteiger charge is -2.39. The van der Waals surface area contributed by atoms with Crippen molar-refractivity contribution >= 4 is 5.69 Å². The molecule has 88 valence electrons. The van der Waals surface area contributed by atoms with Gasteiger partial charge in [0.25, 0.3) is 0 Å². The topological polar surface area (TPSA) is 24.5 Å². The molecule has 1 fully saturated rings. The van der Waals surface area contributed by atoms with Gasteiger partial charge < -0.3 is 15.0 Å². The van der Waals surface area contributed by atoms with Crippen molar-refractivity contribution in [3.63, 3.8) is 0 Å². The van der Waals surface area contributed by atoms with Crippen LogP contribution in [-0.4, -0.2) is 38.9 Å². The van der Waals surface area contributed by atoms with Crippen LogP contribution in [0.4, 0.5) is 5.69 Å². The van der Waals surface area contributed by atoms with Gasteiger partial charge in [-0.1, -0.05) is 18.2 Å². The Hall–Kier alpha value is -1.06. The first-order valence-electron chi connectivity index (χ1n) is 5.80. The zero-order valence-corrected chi connectivity index (χ0v) is 10.1. The fourth-order valence-corrected chi connectivity index (χ4v) is 1.82. The van der Waals surface area contributed by atoms with Crippen LogP contribution in [0, 0.1) is 0 Å². The fourth-order valence-electron chi connectivity index (χ4n) is 1.82. The molecule has 1 aliphatic heterocycles. The van der Waals surface area contributed by atoms with E-state index in [1.54, 1.807) is 0 Å². The third kappa shape index (κ3) is 2.74. The van der Waals surface area contributed by atoms with Crippen molar-refractivity contribution in [2.45, 2.75) is 12.5 Å². The Morgan fingerprint density at radius 2 is 2.00 bits per heavy atom. The molecule has 3 nitrogen and oxygen atoms in total. The van der Waals surface area contributed by atoms with Gasteiger partial charge in [0.15, 0.2) is 0 Å². The van der Waals surface area contributed by atoms with Crippen LogP contribution >= 0.6 is 0 Å². The van der Waals surface area contributed by atoms with E-state index >= 15 is 0 Å². The van der Waals surface area contributed by atoms with Gasteiger partial charge in [-0.15, -0.1) is 0 Å². The van der Waals surface area contributed by atoms with E-state index in [1.807, 2.05) is 6.07 Å². The number of benzene rings is 1. The Morgan fingerprint density at radius 1 is 1.31 bits per heavy atom. The maximum atomic E-state index is 5.85. The minimum Gasteiger partial charge on any atom is -0.372 e. The summed E-state index contributed by atoms with van der Waals surface area (Å²) in [6.45, 7) is 5.82. The van der Waals surface area contributed by atoms with Gasteiger partial charge >= 0.3 is 0 Å². The van der Waals surface area contributed by atoms with Crippen LogP contribution in [0.25, 0.3) is 0 Å². The molecule has 0 saturated carbocycles. The van der Waals surface area contributed by atoms with Crippen molar-refractivity contribution in [3.8, 4) is 0 Å². The van der Waals surface area contributed by atoms with E-state index in [-0.39, 0.29) is 5.60 Å². The number of hydrogen-bond acceptors (Lipinski definition) is 3. The van der Waals surface area contributed by atoms with Gasteiger partial charge in [0.1, 0.15) is 0 Å². The molecule has 0 amide bonds. The summed E-state index contributed by atoms with van der Waals surface area (Å²) in [4.78, 5) is 2.22. The molecular formula is C13H20N2O. The molecule has 0 spiro atoms. The van der Waals surface area contributed by atoms with Crippen molar-refractivity contribution in [1.29, 1.82) is 0 Å². The van der Waals surface area contributed by atoms with E-state index < -0.39 is 0 Å². The molecule has 1 heterocycles. The van der Waals surface area contributed by atoms with Crippen LogP contribution in [0.5, 0.6) is 0 Å². The quantitative estimate of drug-likeness (QED) is 0.814. The molecule has 0 aromatic heterocycles. The maximum Gasteiger partial charge on any atom is 0.0902 e. The standard InChI is InChI=1S/C13H20N2O/c1-13(10-14-11-13)16-9-8-15(2)12-6-4-3-5-7-12/h3-7,14H,8-11H2,1-2H3. The summed E-state index contributed by atoms with van der Waals surface area (Å²) in [6, 6.07) is 10.4. The van der Waals surface area contributed by atoms with Gasteiger partial charge in [0, 0.05) is 32.4 Å². The Kier molecular flexibility index (Phi) is 3.46. The zero-order chi connectivity index (χ0) is 11.4. The summed E-state index contributed by atoms with van der Waals surface area (Å²) in [5.74, 6) is 0. The van der Waals surface area contributed by atoms with Gasteiger partial charge in [0.2, 0.25) is 0 Å². The first kappa shape index (κ1) is 11.4. The number of para-hydroxylation sites is 1. The smallest absolute Gasteiger partial charge is 0.0902 e. The Labute approximate surface area is 97.4 Å². The van der Waals surface area contributed by atoms with Gasteiger partial charge in [-0.05, 0) is 19.1 Å². The first-order valence-corrected chi connectivity index (χ1v) is 5.80. The number of ether oxygens (including phenoxy) is 1. The molecular weight excluding hydrogens is 200 g/mol. The Bertz CT molecular complexity index is 322. The van der Waals surface area contributed by atoms with Crippen molar-refractivity contribution in [2.24, 2.45) is 0 Å². The highest BCUT2D eigenvalue weighted by Crippen LogP contribution is 2.16. The van der Waals surface area contributed by atoms with E-state index in [2.05, 4.69) is 48.5 Å². The third-order valence-electron chi connectivity index (χ3n) is 3.07. The largest absolute Gasteiger partial charge is 0.372 e. The minimum atomic E-state index is 0.0670. The van der Waals surface area contributed by atoms with E-state index in [1.165, 1.54) is 5.69 Å². The molecule has 1 N–H and O–H groups in total. The number of hydrogen-bond donors (Lipinski definition) is 1. The molecule has 1 saturated heterocycles. The molecule has 3 heteroatoms. The maximum absolute atomic E-state index is 5.85. The molecule has 0 atom stereocenters. The SMILES string of the molecule is CN(CCOC1(C)CNC1)c1ccccc1. The zero-order valence-electron chi connectivity index (χ0n) is 10.1. The number of anilines is 1. The van der Waals surface area contributed by atoms with Crippen molar-refractivity contribution in [2.75, 3.05) is 38.2 Å². The third-order valence-corrected chi connectivity index (χ3v) is 3.07. The molecule has 0 unspecified atom stereocenters. The highest BCUT2D eigenvalue weighted by Gasteiger charge is 2.32. The number of likely N-dealkylation sites (N-methyl/N-ethyl adjacent to an activating group) is 1. The highest BCUT2D eigenvalue weighted by atomic mass is 16.5. The van der Waals surface area contributed by atoms with Gasteiger partial charge in [-0.3, -0.25) is 0 Å². The summed E-state index contributed by atoms with van der Waals surface area (Å²) >= 11 is 0. The number of nitrogens with zero attached hydrogens (tertiary/aromatic N) is 1. The molecule has 0 bridgehead atoms. The Morgan fingerprint density at radius 3 is 2.56 bits per heavy atom. The lowest BCUT2D eigenvalue weighted by molar-refractivity contribution is -0.0631. The molecule has 2 rings (SSSR count). The molecule has 1 aliphatic rings. The predicted molar refractivity (Wildman–Crippen MR) is 66.9 cm³/mol. The van der Waals surface area contributed by atoms with Crippen LogP contribution in [0.15, 0.2) is 30.3 Å². The second-order valence-corrected chi connectivity index (χ2v) is 4.66. The van der Waals surface area contributed by atoms with Gasteiger partial charge in [-0.25, -0.2) is 0 Å². The van der Waals surface area contributed by atoms with E-state index in [9.17, 15) is 0 Å². The summed E-state index contributed by atoms with van der Waals surface area (Å²) in [5, 5.41) is 3.23. The summed E-state index contributed by atoms with van der Waals surface area (Å²) in [7, 11) is 2.10. The highest BCUT2D eigenvalue weighted by molar-refractivity contribution is 5.44. The molecule has 0 aliphatic carbocycles. The van der Waals surface area contributed by atoms with Crippen LogP contribution < -0.4 is 10.2 Å². The van der Waals surface area contributed by atoms with E-state index in [4.69, 9.17) is 4.74 Å². The van der Waals surface area contributed by atoms with Crippen molar-refractivity contribution in [1.82, 2.24) is 5.32 Å². The van der Waals surface area contributed by atoms with Crippen molar-refractivity contribution < 1.29 is 4.74 Å². The van der Waals surface area contributed by atoms with Gasteiger partial charge in [0.05, 0.1) is 12.2 Å². The van der Waals surface area contributed by atoms with Crippen molar-refractivity contribution in [3.05, 3.63) is 30.3 Å². The summed E-state index contributed by atoms with van der Waals surface area (Å²) < 4.78 is 5.85. The average molecular weight is 220 g/mol. The molecule has 0 radical (unpaired) electrons. The lowest BCUT2D eigenvalue weighted by Crippen LogP contribution is -2.59. The van der Waals surface area contributed by atoms with Crippen LogP contribution in [0.1, 0.15) is 6.92 Å². The second kappa shape index (κ2) is 4.85. The molecule has 1 aromatic carbocycles. The molecule has 16 heavy (non-hydrogen) atoms. The fraction of sp³-hybridized carbons (Fsp3) is 0.538. The first-order chi connectivity index (χ1) is 7.70. The van der Waals surface area contributed by atoms with E-state index in [0.717, 1.165) is 26.2 Å². The summed E-state index contributed by atoms with van der Waals surface area (Å²) in [5.41, 5.74) is 1.31.